The van der Waals surface area contributed by atoms with Gasteiger partial charge in [0, 0.05) is 11.4 Å². The van der Waals surface area contributed by atoms with Crippen molar-refractivity contribution in [3.63, 3.8) is 0 Å². The molecule has 0 spiro atoms. The number of nitrogens with two attached hydrogens (primary N) is 1. The molecule has 0 aromatic heterocycles. The van der Waals surface area contributed by atoms with Crippen molar-refractivity contribution >= 4 is 21.4 Å². The number of hydrogen-bond acceptors (Lipinski definition) is 3. The van der Waals surface area contributed by atoms with Crippen molar-refractivity contribution in [2.24, 2.45) is 0 Å². The fraction of sp³-hybridized carbons (Fsp3) is 0.400. The number of sulfonamides is 1. The monoisotopic (exact) mass is 228 g/mol. The highest BCUT2D eigenvalue weighted by atomic mass is 32.2. The van der Waals surface area contributed by atoms with E-state index < -0.39 is 10.0 Å². The zero-order chi connectivity index (χ0) is 11.3. The van der Waals surface area contributed by atoms with Gasteiger partial charge in [-0.2, -0.15) is 0 Å². The van der Waals surface area contributed by atoms with Gasteiger partial charge < -0.3 is 5.73 Å². The summed E-state index contributed by atoms with van der Waals surface area (Å²) in [6.07, 6.45) is 1.53. The number of hydrogen-bond donors (Lipinski definition) is 2. The van der Waals surface area contributed by atoms with Crippen LogP contribution in [-0.2, 0) is 10.0 Å². The van der Waals surface area contributed by atoms with Gasteiger partial charge >= 0.3 is 0 Å². The third kappa shape index (κ3) is 4.20. The van der Waals surface area contributed by atoms with Crippen LogP contribution in [0.2, 0.25) is 0 Å². The van der Waals surface area contributed by atoms with Gasteiger partial charge in [-0.3, -0.25) is 4.72 Å². The van der Waals surface area contributed by atoms with Gasteiger partial charge in [-0.1, -0.05) is 13.3 Å². The lowest BCUT2D eigenvalue weighted by atomic mass is 10.3. The number of benzene rings is 1. The van der Waals surface area contributed by atoms with Gasteiger partial charge in [-0.05, 0) is 30.7 Å². The summed E-state index contributed by atoms with van der Waals surface area (Å²) in [5, 5.41) is 0. The highest BCUT2D eigenvalue weighted by molar-refractivity contribution is 7.92. The molecule has 84 valence electrons. The molecule has 3 N–H and O–H groups in total. The first-order valence-corrected chi connectivity index (χ1v) is 6.55. The van der Waals surface area contributed by atoms with E-state index in [-0.39, 0.29) is 5.75 Å². The Morgan fingerprint density at radius 2 is 1.87 bits per heavy atom. The Balaban J connectivity index is 2.65. The van der Waals surface area contributed by atoms with Crippen molar-refractivity contribution in [3.05, 3.63) is 24.3 Å². The maximum Gasteiger partial charge on any atom is 0.232 e. The first-order valence-electron chi connectivity index (χ1n) is 4.89. The number of anilines is 2. The minimum atomic E-state index is -3.20. The zero-order valence-corrected chi connectivity index (χ0v) is 9.55. The van der Waals surface area contributed by atoms with E-state index in [0.717, 1.165) is 6.42 Å². The molecule has 15 heavy (non-hydrogen) atoms. The third-order valence-electron chi connectivity index (χ3n) is 1.95. The molecule has 0 aliphatic carbocycles. The lowest BCUT2D eigenvalue weighted by Gasteiger charge is -2.07. The molecule has 0 heterocycles. The highest BCUT2D eigenvalue weighted by Crippen LogP contribution is 2.12. The summed E-state index contributed by atoms with van der Waals surface area (Å²) >= 11 is 0. The van der Waals surface area contributed by atoms with Crippen LogP contribution in [0.4, 0.5) is 11.4 Å². The zero-order valence-electron chi connectivity index (χ0n) is 8.73. The Bertz CT molecular complexity index is 398. The average Bonchev–Trinajstić information content (AvgIpc) is 2.18. The van der Waals surface area contributed by atoms with Crippen molar-refractivity contribution < 1.29 is 8.42 Å². The molecule has 0 radical (unpaired) electrons. The second-order valence-corrected chi connectivity index (χ2v) is 5.24. The van der Waals surface area contributed by atoms with Crippen molar-refractivity contribution in [2.45, 2.75) is 19.8 Å². The molecule has 1 aromatic rings. The van der Waals surface area contributed by atoms with Gasteiger partial charge in [0.05, 0.1) is 5.75 Å². The number of rotatable bonds is 5. The second kappa shape index (κ2) is 5.02. The molecule has 4 nitrogen and oxygen atoms in total. The molecule has 0 atom stereocenters. The van der Waals surface area contributed by atoms with Crippen LogP contribution in [0.3, 0.4) is 0 Å². The first kappa shape index (κ1) is 11.8. The van der Waals surface area contributed by atoms with Crippen LogP contribution in [0.25, 0.3) is 0 Å². The van der Waals surface area contributed by atoms with Gasteiger partial charge in [-0.15, -0.1) is 0 Å². The van der Waals surface area contributed by atoms with Gasteiger partial charge in [0.2, 0.25) is 10.0 Å². The summed E-state index contributed by atoms with van der Waals surface area (Å²) in [4.78, 5) is 0. The maximum absolute atomic E-state index is 11.5. The van der Waals surface area contributed by atoms with Crippen LogP contribution >= 0.6 is 0 Å². The van der Waals surface area contributed by atoms with Crippen molar-refractivity contribution in [2.75, 3.05) is 16.2 Å². The van der Waals surface area contributed by atoms with Crippen LogP contribution in [-0.4, -0.2) is 14.2 Å². The Morgan fingerprint density at radius 3 is 2.40 bits per heavy atom. The van der Waals surface area contributed by atoms with Gasteiger partial charge in [-0.25, -0.2) is 8.42 Å². The molecule has 0 saturated carbocycles. The molecule has 0 saturated heterocycles. The SMILES string of the molecule is CCCCS(=O)(=O)Nc1ccc(N)cc1. The molecule has 1 rings (SSSR count). The predicted molar refractivity (Wildman–Crippen MR) is 63.2 cm³/mol. The van der Waals surface area contributed by atoms with Gasteiger partial charge in [0.15, 0.2) is 0 Å². The molecule has 0 amide bonds. The maximum atomic E-state index is 11.5. The van der Waals surface area contributed by atoms with Crippen molar-refractivity contribution in [1.29, 1.82) is 0 Å². The molecule has 5 heteroatoms. The summed E-state index contributed by atoms with van der Waals surface area (Å²) in [6, 6.07) is 6.63. The van der Waals surface area contributed by atoms with E-state index in [1.807, 2.05) is 6.92 Å². The molecular formula is C10H16N2O2S. The minimum Gasteiger partial charge on any atom is -0.399 e. The normalized spacial score (nSPS) is 11.3. The quantitative estimate of drug-likeness (QED) is 0.755. The smallest absolute Gasteiger partial charge is 0.232 e. The highest BCUT2D eigenvalue weighted by Gasteiger charge is 2.08. The largest absolute Gasteiger partial charge is 0.399 e. The summed E-state index contributed by atoms with van der Waals surface area (Å²) in [7, 11) is -3.20. The Hall–Kier alpha value is -1.23. The molecule has 0 aliphatic heterocycles. The lowest BCUT2D eigenvalue weighted by Crippen LogP contribution is -2.16. The van der Waals surface area contributed by atoms with E-state index in [1.54, 1.807) is 24.3 Å². The van der Waals surface area contributed by atoms with Crippen LogP contribution in [0.1, 0.15) is 19.8 Å². The van der Waals surface area contributed by atoms with E-state index in [1.165, 1.54) is 0 Å². The molecule has 1 aromatic carbocycles. The van der Waals surface area contributed by atoms with Crippen LogP contribution in [0.5, 0.6) is 0 Å². The van der Waals surface area contributed by atoms with E-state index in [4.69, 9.17) is 5.73 Å². The number of unbranched alkanes of at least 4 members (excludes halogenated alkanes) is 1. The third-order valence-corrected chi connectivity index (χ3v) is 3.32. The first-order chi connectivity index (χ1) is 7.03. The van der Waals surface area contributed by atoms with Gasteiger partial charge in [0.1, 0.15) is 0 Å². The van der Waals surface area contributed by atoms with E-state index in [0.29, 0.717) is 17.8 Å². The van der Waals surface area contributed by atoms with Crippen LogP contribution in [0.15, 0.2) is 24.3 Å². The molecule has 0 bridgehead atoms. The Kier molecular flexibility index (Phi) is 3.96. The fourth-order valence-corrected chi connectivity index (χ4v) is 2.38. The average molecular weight is 228 g/mol. The lowest BCUT2D eigenvalue weighted by molar-refractivity contribution is 0.598. The van der Waals surface area contributed by atoms with Gasteiger partial charge in [0.25, 0.3) is 0 Å². The Morgan fingerprint density at radius 1 is 1.27 bits per heavy atom. The topological polar surface area (TPSA) is 72.2 Å². The van der Waals surface area contributed by atoms with Crippen LogP contribution < -0.4 is 10.5 Å². The molecular weight excluding hydrogens is 212 g/mol. The van der Waals surface area contributed by atoms with Crippen LogP contribution in [0, 0.1) is 0 Å². The Labute approximate surface area is 90.5 Å². The number of nitrogen functional groups attached to an aromatic ring is 1. The summed E-state index contributed by atoms with van der Waals surface area (Å²) in [5.41, 5.74) is 6.67. The van der Waals surface area contributed by atoms with Crippen molar-refractivity contribution in [1.82, 2.24) is 0 Å². The summed E-state index contributed by atoms with van der Waals surface area (Å²) in [6.45, 7) is 1.96. The molecule has 0 fully saturated rings. The summed E-state index contributed by atoms with van der Waals surface area (Å²) < 4.78 is 25.5. The molecule has 0 aliphatic rings. The fourth-order valence-electron chi connectivity index (χ4n) is 1.12. The minimum absolute atomic E-state index is 0.161. The number of nitrogens with one attached hydrogen (secondary N) is 1. The molecule has 0 unspecified atom stereocenters. The second-order valence-electron chi connectivity index (χ2n) is 3.40. The standard InChI is InChI=1S/C10H16N2O2S/c1-2-3-8-15(13,14)12-10-6-4-9(11)5-7-10/h4-7,12H,2-3,8,11H2,1H3. The van der Waals surface area contributed by atoms with E-state index >= 15 is 0 Å². The van der Waals surface area contributed by atoms with Crippen molar-refractivity contribution in [3.8, 4) is 0 Å². The summed E-state index contributed by atoms with van der Waals surface area (Å²) in [5.74, 6) is 0.161. The van der Waals surface area contributed by atoms with E-state index in [9.17, 15) is 8.42 Å². The predicted octanol–water partition coefficient (Wildman–Crippen LogP) is 1.81. The van der Waals surface area contributed by atoms with E-state index in [2.05, 4.69) is 4.72 Å².